The monoisotopic (exact) mass is 277 g/mol. The zero-order valence-corrected chi connectivity index (χ0v) is 12.9. The van der Waals surface area contributed by atoms with Crippen LogP contribution in [0.15, 0.2) is 17.4 Å². The van der Waals surface area contributed by atoms with Crippen LogP contribution in [-0.2, 0) is 6.54 Å². The Morgan fingerprint density at radius 1 is 1.50 bits per heavy atom. The van der Waals surface area contributed by atoms with Gasteiger partial charge < -0.3 is 15.2 Å². The number of nitrogens with one attached hydrogen (secondary N) is 2. The Balaban J connectivity index is 1.66. The average Bonchev–Trinajstić information content (AvgIpc) is 2.95. The van der Waals surface area contributed by atoms with E-state index in [1.54, 1.807) is 0 Å². The van der Waals surface area contributed by atoms with E-state index in [0.29, 0.717) is 6.04 Å². The number of aryl methyl sites for hydroxylation is 2. The van der Waals surface area contributed by atoms with E-state index in [9.17, 15) is 0 Å². The van der Waals surface area contributed by atoms with Crippen LogP contribution in [0.5, 0.6) is 0 Å². The molecule has 5 nitrogen and oxygen atoms in total. The van der Waals surface area contributed by atoms with Crippen molar-refractivity contribution in [3.63, 3.8) is 0 Å². The molecule has 1 aromatic rings. The molecule has 0 radical (unpaired) electrons. The summed E-state index contributed by atoms with van der Waals surface area (Å²) in [5.74, 6) is 2.86. The van der Waals surface area contributed by atoms with E-state index in [1.165, 1.54) is 6.42 Å². The number of imidazole rings is 1. The third kappa shape index (κ3) is 4.54. The molecule has 112 valence electrons. The lowest BCUT2D eigenvalue weighted by Gasteiger charge is -2.10. The SMILES string of the molecule is CCNC(=NCCCCn1ccnc1C)NC1CC1C. The van der Waals surface area contributed by atoms with Crippen molar-refractivity contribution in [2.45, 2.75) is 52.6 Å². The highest BCUT2D eigenvalue weighted by Crippen LogP contribution is 2.28. The van der Waals surface area contributed by atoms with Gasteiger partial charge in [0.05, 0.1) is 0 Å². The Hall–Kier alpha value is -1.52. The molecule has 1 heterocycles. The van der Waals surface area contributed by atoms with Gasteiger partial charge in [-0.1, -0.05) is 6.92 Å². The van der Waals surface area contributed by atoms with Gasteiger partial charge in [0.2, 0.25) is 0 Å². The Labute approximate surface area is 121 Å². The van der Waals surface area contributed by atoms with Crippen molar-refractivity contribution in [2.24, 2.45) is 10.9 Å². The van der Waals surface area contributed by atoms with Gasteiger partial charge in [0.1, 0.15) is 5.82 Å². The first kappa shape index (κ1) is 14.9. The molecule has 1 aromatic heterocycles. The van der Waals surface area contributed by atoms with Crippen LogP contribution < -0.4 is 10.6 Å². The van der Waals surface area contributed by atoms with Gasteiger partial charge in [0.25, 0.3) is 0 Å². The average molecular weight is 277 g/mol. The molecule has 1 saturated carbocycles. The molecule has 2 atom stereocenters. The van der Waals surface area contributed by atoms with Crippen molar-refractivity contribution in [1.29, 1.82) is 0 Å². The fourth-order valence-electron chi connectivity index (χ4n) is 2.24. The van der Waals surface area contributed by atoms with E-state index in [4.69, 9.17) is 0 Å². The zero-order chi connectivity index (χ0) is 14.4. The maximum absolute atomic E-state index is 4.64. The van der Waals surface area contributed by atoms with Crippen molar-refractivity contribution in [3.8, 4) is 0 Å². The molecule has 0 spiro atoms. The quantitative estimate of drug-likeness (QED) is 0.455. The molecule has 1 aliphatic rings. The summed E-state index contributed by atoms with van der Waals surface area (Å²) in [7, 11) is 0. The molecule has 20 heavy (non-hydrogen) atoms. The van der Waals surface area contributed by atoms with Crippen LogP contribution in [0.4, 0.5) is 0 Å². The first-order valence-corrected chi connectivity index (χ1v) is 7.73. The van der Waals surface area contributed by atoms with Gasteiger partial charge in [-0.25, -0.2) is 4.98 Å². The van der Waals surface area contributed by atoms with Gasteiger partial charge in [-0.2, -0.15) is 0 Å². The molecule has 1 aliphatic carbocycles. The topological polar surface area (TPSA) is 54.2 Å². The fraction of sp³-hybridized carbons (Fsp3) is 0.733. The lowest BCUT2D eigenvalue weighted by atomic mass is 10.3. The molecule has 0 bridgehead atoms. The summed E-state index contributed by atoms with van der Waals surface area (Å²) in [6.07, 6.45) is 7.41. The highest BCUT2D eigenvalue weighted by atomic mass is 15.2. The molecule has 5 heteroatoms. The lowest BCUT2D eigenvalue weighted by molar-refractivity contribution is 0.600. The maximum Gasteiger partial charge on any atom is 0.191 e. The summed E-state index contributed by atoms with van der Waals surface area (Å²) >= 11 is 0. The van der Waals surface area contributed by atoms with Gasteiger partial charge in [0, 0.05) is 38.1 Å². The third-order valence-corrected chi connectivity index (χ3v) is 3.78. The van der Waals surface area contributed by atoms with Gasteiger partial charge in [-0.05, 0) is 39.0 Å². The number of aromatic nitrogens is 2. The summed E-state index contributed by atoms with van der Waals surface area (Å²) < 4.78 is 2.19. The summed E-state index contributed by atoms with van der Waals surface area (Å²) in [5, 5.41) is 6.79. The number of nitrogens with zero attached hydrogens (tertiary/aromatic N) is 3. The minimum absolute atomic E-state index is 0.626. The van der Waals surface area contributed by atoms with Crippen LogP contribution in [0.2, 0.25) is 0 Å². The van der Waals surface area contributed by atoms with E-state index in [0.717, 1.165) is 50.2 Å². The van der Waals surface area contributed by atoms with Gasteiger partial charge in [-0.15, -0.1) is 0 Å². The molecule has 0 aromatic carbocycles. The minimum Gasteiger partial charge on any atom is -0.357 e. The number of unbranched alkanes of at least 4 members (excludes halogenated alkanes) is 1. The van der Waals surface area contributed by atoms with Crippen molar-refractivity contribution in [1.82, 2.24) is 20.2 Å². The van der Waals surface area contributed by atoms with Crippen molar-refractivity contribution >= 4 is 5.96 Å². The maximum atomic E-state index is 4.64. The molecule has 0 aliphatic heterocycles. The lowest BCUT2D eigenvalue weighted by Crippen LogP contribution is -2.39. The normalized spacial score (nSPS) is 21.9. The second-order valence-electron chi connectivity index (χ2n) is 5.60. The smallest absolute Gasteiger partial charge is 0.191 e. The van der Waals surface area contributed by atoms with Crippen molar-refractivity contribution < 1.29 is 0 Å². The van der Waals surface area contributed by atoms with Crippen LogP contribution in [-0.4, -0.2) is 34.6 Å². The molecule has 2 unspecified atom stereocenters. The second kappa shape index (κ2) is 7.31. The highest BCUT2D eigenvalue weighted by molar-refractivity contribution is 5.80. The summed E-state index contributed by atoms with van der Waals surface area (Å²) in [5.41, 5.74) is 0. The Bertz CT molecular complexity index is 437. The van der Waals surface area contributed by atoms with Crippen LogP contribution >= 0.6 is 0 Å². The number of hydrogen-bond donors (Lipinski definition) is 2. The van der Waals surface area contributed by atoms with E-state index in [1.807, 2.05) is 19.3 Å². The Morgan fingerprint density at radius 3 is 2.90 bits per heavy atom. The summed E-state index contributed by atoms with van der Waals surface area (Å²) in [6.45, 7) is 9.25. The number of guanidine groups is 1. The van der Waals surface area contributed by atoms with Crippen molar-refractivity contribution in [3.05, 3.63) is 18.2 Å². The van der Waals surface area contributed by atoms with E-state index < -0.39 is 0 Å². The van der Waals surface area contributed by atoms with Gasteiger partial charge >= 0.3 is 0 Å². The van der Waals surface area contributed by atoms with Crippen LogP contribution in [0, 0.1) is 12.8 Å². The number of hydrogen-bond acceptors (Lipinski definition) is 2. The third-order valence-electron chi connectivity index (χ3n) is 3.78. The first-order valence-electron chi connectivity index (χ1n) is 7.73. The molecule has 2 rings (SSSR count). The molecule has 0 amide bonds. The van der Waals surface area contributed by atoms with Crippen molar-refractivity contribution in [2.75, 3.05) is 13.1 Å². The summed E-state index contributed by atoms with van der Waals surface area (Å²) in [4.78, 5) is 8.87. The largest absolute Gasteiger partial charge is 0.357 e. The molecular formula is C15H27N5. The number of aliphatic imine (C=N–C) groups is 1. The van der Waals surface area contributed by atoms with Crippen LogP contribution in [0.3, 0.4) is 0 Å². The van der Waals surface area contributed by atoms with E-state index >= 15 is 0 Å². The van der Waals surface area contributed by atoms with E-state index in [-0.39, 0.29) is 0 Å². The fourth-order valence-corrected chi connectivity index (χ4v) is 2.24. The van der Waals surface area contributed by atoms with Gasteiger partial charge in [-0.3, -0.25) is 4.99 Å². The highest BCUT2D eigenvalue weighted by Gasteiger charge is 2.33. The second-order valence-corrected chi connectivity index (χ2v) is 5.60. The molecule has 2 N–H and O–H groups in total. The predicted molar refractivity (Wildman–Crippen MR) is 82.9 cm³/mol. The van der Waals surface area contributed by atoms with E-state index in [2.05, 4.69) is 39.0 Å². The minimum atomic E-state index is 0.626. The first-order chi connectivity index (χ1) is 9.70. The Kier molecular flexibility index (Phi) is 5.44. The van der Waals surface area contributed by atoms with Gasteiger partial charge in [0.15, 0.2) is 5.96 Å². The molecule has 1 fully saturated rings. The zero-order valence-electron chi connectivity index (χ0n) is 12.9. The van der Waals surface area contributed by atoms with Crippen LogP contribution in [0.1, 0.15) is 38.9 Å². The summed E-state index contributed by atoms with van der Waals surface area (Å²) in [6, 6.07) is 0.626. The van der Waals surface area contributed by atoms with Crippen LogP contribution in [0.25, 0.3) is 0 Å². The molecular weight excluding hydrogens is 250 g/mol. The molecule has 0 saturated heterocycles. The standard InChI is InChI=1S/C15H27N5/c1-4-16-15(19-14-11-12(14)2)18-7-5-6-9-20-10-8-17-13(20)3/h8,10,12,14H,4-7,9,11H2,1-3H3,(H2,16,18,19). The predicted octanol–water partition coefficient (Wildman–Crippen LogP) is 1.94. The number of rotatable bonds is 7. The Morgan fingerprint density at radius 2 is 2.30 bits per heavy atom.